The minimum absolute atomic E-state index is 0.153. The molecule has 1 aliphatic heterocycles. The topological polar surface area (TPSA) is 78.5 Å². The monoisotopic (exact) mass is 433 g/mol. The van der Waals surface area contributed by atoms with Crippen LogP contribution in [0.2, 0.25) is 0 Å². The Morgan fingerprint density at radius 1 is 1.03 bits per heavy atom. The van der Waals surface area contributed by atoms with E-state index < -0.39 is 11.6 Å². The summed E-state index contributed by atoms with van der Waals surface area (Å²) in [6.45, 7) is 8.08. The number of hydrogen-bond donors (Lipinski definition) is 2. The van der Waals surface area contributed by atoms with Crippen LogP contribution in [0.15, 0.2) is 48.5 Å². The normalized spacial score (nSPS) is 20.8. The van der Waals surface area contributed by atoms with Crippen LogP contribution in [0, 0.1) is 5.92 Å². The smallest absolute Gasteiger partial charge is 0.325 e. The highest BCUT2D eigenvalue weighted by Crippen LogP contribution is 2.41. The average molecular weight is 434 g/mol. The Hall–Kier alpha value is -3.15. The molecule has 0 saturated carbocycles. The highest BCUT2D eigenvalue weighted by Gasteiger charge is 2.55. The molecular weight excluding hydrogens is 402 g/mol. The standard InChI is InChI=1S/C26H31N3O3/c1-16(2)18-9-11-20(12-10-18)23(17(3)4)27-22(30)15-29-24(31)26(28-25(29)32)14-13-19-7-5-6-8-21(19)26/h5-12,16-17,23H,13-15H2,1-4H3,(H,27,30)(H,28,32)/t23-,26-/m1/s1. The van der Waals surface area contributed by atoms with Gasteiger partial charge in [0.05, 0.1) is 6.04 Å². The van der Waals surface area contributed by atoms with E-state index in [1.807, 2.05) is 50.2 Å². The second-order valence-electron chi connectivity index (χ2n) is 9.49. The molecule has 2 N–H and O–H groups in total. The molecule has 0 aromatic heterocycles. The largest absolute Gasteiger partial charge is 0.347 e. The second-order valence-corrected chi connectivity index (χ2v) is 9.49. The van der Waals surface area contributed by atoms with E-state index in [1.165, 1.54) is 5.56 Å². The third-order valence-electron chi connectivity index (χ3n) is 6.67. The van der Waals surface area contributed by atoms with Crippen LogP contribution in [-0.2, 0) is 21.5 Å². The molecule has 168 valence electrons. The minimum Gasteiger partial charge on any atom is -0.347 e. The fourth-order valence-corrected chi connectivity index (χ4v) is 4.82. The van der Waals surface area contributed by atoms with Gasteiger partial charge in [-0.05, 0) is 46.9 Å². The lowest BCUT2D eigenvalue weighted by atomic mass is 9.92. The molecule has 4 rings (SSSR count). The van der Waals surface area contributed by atoms with E-state index in [1.54, 1.807) is 0 Å². The molecule has 32 heavy (non-hydrogen) atoms. The maximum atomic E-state index is 13.3. The Balaban J connectivity index is 1.48. The van der Waals surface area contributed by atoms with Gasteiger partial charge in [0.1, 0.15) is 12.1 Å². The number of rotatable bonds is 6. The zero-order valence-corrected chi connectivity index (χ0v) is 19.1. The van der Waals surface area contributed by atoms with Crippen LogP contribution >= 0.6 is 0 Å². The SMILES string of the molecule is CC(C)c1ccc([C@H](NC(=O)CN2C(=O)N[C@@]3(CCc4ccccc43)C2=O)C(C)C)cc1. The Kier molecular flexibility index (Phi) is 5.80. The number of hydrogen-bond acceptors (Lipinski definition) is 3. The van der Waals surface area contributed by atoms with Gasteiger partial charge in [0, 0.05) is 0 Å². The molecule has 2 atom stereocenters. The van der Waals surface area contributed by atoms with Crippen LogP contribution in [0.3, 0.4) is 0 Å². The predicted octanol–water partition coefficient (Wildman–Crippen LogP) is 4.02. The molecule has 0 bridgehead atoms. The highest BCUT2D eigenvalue weighted by atomic mass is 16.2. The molecule has 0 radical (unpaired) electrons. The van der Waals surface area contributed by atoms with Crippen molar-refractivity contribution in [2.75, 3.05) is 6.54 Å². The van der Waals surface area contributed by atoms with Crippen molar-refractivity contribution in [3.05, 3.63) is 70.8 Å². The summed E-state index contributed by atoms with van der Waals surface area (Å²) in [6, 6.07) is 15.2. The van der Waals surface area contributed by atoms with E-state index in [-0.39, 0.29) is 30.3 Å². The van der Waals surface area contributed by atoms with Crippen LogP contribution in [-0.4, -0.2) is 29.3 Å². The van der Waals surface area contributed by atoms with Crippen LogP contribution in [0.1, 0.15) is 68.3 Å². The van der Waals surface area contributed by atoms with Crippen molar-refractivity contribution in [2.45, 2.75) is 58.0 Å². The molecule has 2 aromatic carbocycles. The molecule has 4 amide bonds. The molecule has 6 nitrogen and oxygen atoms in total. The van der Waals surface area contributed by atoms with Gasteiger partial charge in [0.2, 0.25) is 5.91 Å². The number of urea groups is 1. The van der Waals surface area contributed by atoms with Gasteiger partial charge in [0.15, 0.2) is 0 Å². The number of amides is 4. The summed E-state index contributed by atoms with van der Waals surface area (Å²) < 4.78 is 0. The molecule has 0 unspecified atom stereocenters. The van der Waals surface area contributed by atoms with E-state index >= 15 is 0 Å². The lowest BCUT2D eigenvalue weighted by molar-refractivity contribution is -0.135. The molecular formula is C26H31N3O3. The second kappa shape index (κ2) is 8.41. The molecule has 2 aromatic rings. The fourth-order valence-electron chi connectivity index (χ4n) is 4.82. The number of nitrogens with zero attached hydrogens (tertiary/aromatic N) is 1. The molecule has 2 aliphatic rings. The average Bonchev–Trinajstić information content (AvgIpc) is 3.25. The predicted molar refractivity (Wildman–Crippen MR) is 123 cm³/mol. The van der Waals surface area contributed by atoms with E-state index in [9.17, 15) is 14.4 Å². The first kappa shape index (κ1) is 22.1. The summed E-state index contributed by atoms with van der Waals surface area (Å²) in [5.41, 5.74) is 3.11. The van der Waals surface area contributed by atoms with E-state index in [0.29, 0.717) is 12.3 Å². The number of carbonyl (C=O) groups is 3. The number of aryl methyl sites for hydroxylation is 1. The van der Waals surface area contributed by atoms with Gasteiger partial charge in [-0.1, -0.05) is 76.2 Å². The quantitative estimate of drug-likeness (QED) is 0.676. The summed E-state index contributed by atoms with van der Waals surface area (Å²) in [7, 11) is 0. The molecule has 1 fully saturated rings. The van der Waals surface area contributed by atoms with Gasteiger partial charge in [-0.25, -0.2) is 4.79 Å². The van der Waals surface area contributed by atoms with E-state index in [2.05, 4.69) is 36.6 Å². The van der Waals surface area contributed by atoms with Gasteiger partial charge >= 0.3 is 6.03 Å². The molecule has 1 aliphatic carbocycles. The van der Waals surface area contributed by atoms with Gasteiger partial charge in [-0.2, -0.15) is 0 Å². The van der Waals surface area contributed by atoms with E-state index in [4.69, 9.17) is 0 Å². The lowest BCUT2D eigenvalue weighted by Gasteiger charge is -2.25. The highest BCUT2D eigenvalue weighted by molar-refractivity contribution is 6.09. The Labute approximate surface area is 189 Å². The maximum Gasteiger partial charge on any atom is 0.325 e. The van der Waals surface area contributed by atoms with Crippen molar-refractivity contribution in [1.82, 2.24) is 15.5 Å². The van der Waals surface area contributed by atoms with Crippen LogP contribution in [0.4, 0.5) is 4.79 Å². The zero-order chi connectivity index (χ0) is 23.0. The number of benzene rings is 2. The van der Waals surface area contributed by atoms with Crippen molar-refractivity contribution >= 4 is 17.8 Å². The van der Waals surface area contributed by atoms with Crippen LogP contribution < -0.4 is 10.6 Å². The molecule has 1 spiro atoms. The Morgan fingerprint density at radius 3 is 2.34 bits per heavy atom. The van der Waals surface area contributed by atoms with Crippen LogP contribution in [0.5, 0.6) is 0 Å². The van der Waals surface area contributed by atoms with Crippen molar-refractivity contribution in [3.63, 3.8) is 0 Å². The van der Waals surface area contributed by atoms with Crippen LogP contribution in [0.25, 0.3) is 0 Å². The van der Waals surface area contributed by atoms with Crippen molar-refractivity contribution in [3.8, 4) is 0 Å². The van der Waals surface area contributed by atoms with Crippen molar-refractivity contribution < 1.29 is 14.4 Å². The summed E-state index contributed by atoms with van der Waals surface area (Å²) in [5.74, 6) is -0.0997. The van der Waals surface area contributed by atoms with Gasteiger partial charge in [-0.15, -0.1) is 0 Å². The third-order valence-corrected chi connectivity index (χ3v) is 6.67. The lowest BCUT2D eigenvalue weighted by Crippen LogP contribution is -2.44. The zero-order valence-electron chi connectivity index (χ0n) is 19.1. The Morgan fingerprint density at radius 2 is 1.69 bits per heavy atom. The van der Waals surface area contributed by atoms with Gasteiger partial charge in [-0.3, -0.25) is 14.5 Å². The van der Waals surface area contributed by atoms with E-state index in [0.717, 1.165) is 28.0 Å². The molecule has 1 heterocycles. The third kappa shape index (κ3) is 3.78. The number of nitrogens with one attached hydrogen (secondary N) is 2. The summed E-state index contributed by atoms with van der Waals surface area (Å²) in [4.78, 5) is 40.0. The number of carbonyl (C=O) groups excluding carboxylic acids is 3. The first-order valence-corrected chi connectivity index (χ1v) is 11.3. The summed E-state index contributed by atoms with van der Waals surface area (Å²) in [5, 5.41) is 5.91. The number of imide groups is 1. The van der Waals surface area contributed by atoms with Gasteiger partial charge in [0.25, 0.3) is 5.91 Å². The van der Waals surface area contributed by atoms with Crippen molar-refractivity contribution in [2.24, 2.45) is 5.92 Å². The maximum absolute atomic E-state index is 13.3. The van der Waals surface area contributed by atoms with Crippen molar-refractivity contribution in [1.29, 1.82) is 0 Å². The fraction of sp³-hybridized carbons (Fsp3) is 0.423. The first-order chi connectivity index (χ1) is 15.2. The van der Waals surface area contributed by atoms with Gasteiger partial charge < -0.3 is 10.6 Å². The minimum atomic E-state index is -1.04. The summed E-state index contributed by atoms with van der Waals surface area (Å²) in [6.07, 6.45) is 1.25. The molecule has 1 saturated heterocycles. The molecule has 6 heteroatoms. The summed E-state index contributed by atoms with van der Waals surface area (Å²) >= 11 is 0. The Bertz CT molecular complexity index is 1040. The number of fused-ring (bicyclic) bond motifs is 2. The first-order valence-electron chi connectivity index (χ1n) is 11.3.